The van der Waals surface area contributed by atoms with E-state index in [1.54, 1.807) is 6.92 Å². The van der Waals surface area contributed by atoms with E-state index in [1.807, 2.05) is 60.7 Å². The average Bonchev–Trinajstić information content (AvgIpc) is 2.46. The third kappa shape index (κ3) is 3.61. The van der Waals surface area contributed by atoms with Crippen molar-refractivity contribution in [1.82, 2.24) is 0 Å². The van der Waals surface area contributed by atoms with E-state index in [2.05, 4.69) is 0 Å². The lowest BCUT2D eigenvalue weighted by molar-refractivity contribution is -0.136. The number of hydrogen-bond donors (Lipinski definition) is 1. The highest BCUT2D eigenvalue weighted by atomic mass is 32.2. The highest BCUT2D eigenvalue weighted by molar-refractivity contribution is 8.01. The topological polar surface area (TPSA) is 37.3 Å². The van der Waals surface area contributed by atoms with Gasteiger partial charge in [0.2, 0.25) is 0 Å². The molecule has 2 aromatic carbocycles. The minimum Gasteiger partial charge on any atom is -0.480 e. The Bertz CT molecular complexity index is 485. The number of rotatable bonds is 5. The Morgan fingerprint density at radius 3 is 1.74 bits per heavy atom. The zero-order chi connectivity index (χ0) is 13.7. The number of carboxylic acid groups (broad SMARTS) is 1. The van der Waals surface area contributed by atoms with Gasteiger partial charge in [-0.3, -0.25) is 4.79 Å². The van der Waals surface area contributed by atoms with Crippen molar-refractivity contribution in [2.45, 2.75) is 17.4 Å². The SMILES string of the molecule is CC(SC(c1ccccc1)c1ccccc1)C(=O)O. The lowest BCUT2D eigenvalue weighted by Crippen LogP contribution is -2.14. The fourth-order valence-corrected chi connectivity index (χ4v) is 3.02. The number of carboxylic acids is 1. The molecule has 2 aromatic rings. The van der Waals surface area contributed by atoms with E-state index in [1.165, 1.54) is 11.8 Å². The third-order valence-corrected chi connectivity index (χ3v) is 4.32. The van der Waals surface area contributed by atoms with Crippen LogP contribution in [0.5, 0.6) is 0 Å². The van der Waals surface area contributed by atoms with Crippen LogP contribution in [0.4, 0.5) is 0 Å². The lowest BCUT2D eigenvalue weighted by atomic mass is 10.0. The first-order valence-corrected chi connectivity index (χ1v) is 7.11. The van der Waals surface area contributed by atoms with E-state index in [0.717, 1.165) is 11.1 Å². The summed E-state index contributed by atoms with van der Waals surface area (Å²) in [7, 11) is 0. The molecule has 2 nitrogen and oxygen atoms in total. The minimum absolute atomic E-state index is 0.0495. The second-order valence-corrected chi connectivity index (χ2v) is 5.77. The Morgan fingerprint density at radius 2 is 1.37 bits per heavy atom. The smallest absolute Gasteiger partial charge is 0.316 e. The summed E-state index contributed by atoms with van der Waals surface area (Å²) in [5, 5.41) is 8.71. The summed E-state index contributed by atoms with van der Waals surface area (Å²) in [6.07, 6.45) is 0. The van der Waals surface area contributed by atoms with Crippen molar-refractivity contribution >= 4 is 17.7 Å². The Hall–Kier alpha value is -1.74. The molecule has 1 N–H and O–H groups in total. The normalized spacial score (nSPS) is 12.3. The molecular formula is C16H16O2S. The molecule has 98 valence electrons. The van der Waals surface area contributed by atoms with Gasteiger partial charge in [-0.2, -0.15) is 0 Å². The second-order valence-electron chi connectivity index (χ2n) is 4.32. The van der Waals surface area contributed by atoms with Crippen LogP contribution in [0.25, 0.3) is 0 Å². The molecule has 0 aliphatic rings. The standard InChI is InChI=1S/C16H16O2S/c1-12(16(17)18)19-15(13-8-4-2-5-9-13)14-10-6-3-7-11-14/h2-12,15H,1H3,(H,17,18). The van der Waals surface area contributed by atoms with Gasteiger partial charge in [0.15, 0.2) is 0 Å². The van der Waals surface area contributed by atoms with Crippen LogP contribution in [-0.2, 0) is 4.79 Å². The van der Waals surface area contributed by atoms with E-state index in [0.29, 0.717) is 0 Å². The van der Waals surface area contributed by atoms with E-state index < -0.39 is 11.2 Å². The second kappa shape index (κ2) is 6.43. The summed E-state index contributed by atoms with van der Waals surface area (Å²) in [5.74, 6) is -0.776. The van der Waals surface area contributed by atoms with Crippen molar-refractivity contribution in [1.29, 1.82) is 0 Å². The highest BCUT2D eigenvalue weighted by Gasteiger charge is 2.21. The van der Waals surface area contributed by atoms with Gasteiger partial charge in [0.1, 0.15) is 5.25 Å². The fraction of sp³-hybridized carbons (Fsp3) is 0.188. The number of benzene rings is 2. The van der Waals surface area contributed by atoms with E-state index in [4.69, 9.17) is 5.11 Å². The van der Waals surface area contributed by atoms with E-state index in [9.17, 15) is 4.79 Å². The summed E-state index contributed by atoms with van der Waals surface area (Å²) < 4.78 is 0. The van der Waals surface area contributed by atoms with Gasteiger partial charge in [-0.25, -0.2) is 0 Å². The van der Waals surface area contributed by atoms with Crippen molar-refractivity contribution < 1.29 is 9.90 Å². The molecule has 0 bridgehead atoms. The first-order valence-electron chi connectivity index (χ1n) is 6.16. The molecule has 0 saturated heterocycles. The highest BCUT2D eigenvalue weighted by Crippen LogP contribution is 2.38. The number of aliphatic carboxylic acids is 1. The Balaban J connectivity index is 2.32. The van der Waals surface area contributed by atoms with Crippen molar-refractivity contribution in [2.75, 3.05) is 0 Å². The molecule has 3 heteroatoms. The van der Waals surface area contributed by atoms with Gasteiger partial charge < -0.3 is 5.11 Å². The van der Waals surface area contributed by atoms with Crippen LogP contribution in [0.2, 0.25) is 0 Å². The van der Waals surface area contributed by atoms with Gasteiger partial charge in [-0.05, 0) is 18.1 Å². The van der Waals surface area contributed by atoms with Crippen molar-refractivity contribution in [2.24, 2.45) is 0 Å². The van der Waals surface area contributed by atoms with Crippen LogP contribution >= 0.6 is 11.8 Å². The van der Waals surface area contributed by atoms with Gasteiger partial charge in [0, 0.05) is 0 Å². The first kappa shape index (κ1) is 13.7. The number of thioether (sulfide) groups is 1. The molecule has 0 aromatic heterocycles. The molecule has 1 atom stereocenters. The van der Waals surface area contributed by atoms with Gasteiger partial charge >= 0.3 is 5.97 Å². The van der Waals surface area contributed by atoms with E-state index >= 15 is 0 Å². The lowest BCUT2D eigenvalue weighted by Gasteiger charge is -2.19. The predicted molar refractivity (Wildman–Crippen MR) is 79.4 cm³/mol. The number of hydrogen-bond acceptors (Lipinski definition) is 2. The molecule has 0 fully saturated rings. The van der Waals surface area contributed by atoms with Crippen LogP contribution < -0.4 is 0 Å². The molecule has 0 spiro atoms. The monoisotopic (exact) mass is 272 g/mol. The molecule has 1 unspecified atom stereocenters. The fourth-order valence-electron chi connectivity index (χ4n) is 1.87. The molecule has 2 rings (SSSR count). The Morgan fingerprint density at radius 1 is 0.947 bits per heavy atom. The van der Waals surface area contributed by atoms with Gasteiger partial charge in [0.05, 0.1) is 5.25 Å². The molecule has 0 aliphatic heterocycles. The molecule has 19 heavy (non-hydrogen) atoms. The maximum Gasteiger partial charge on any atom is 0.316 e. The Kier molecular flexibility index (Phi) is 4.63. The maximum absolute atomic E-state index is 11.1. The van der Waals surface area contributed by atoms with Gasteiger partial charge in [-0.1, -0.05) is 60.7 Å². The van der Waals surface area contributed by atoms with Crippen LogP contribution in [0.1, 0.15) is 23.3 Å². The largest absolute Gasteiger partial charge is 0.480 e. The zero-order valence-electron chi connectivity index (χ0n) is 10.7. The van der Waals surface area contributed by atoms with Crippen molar-refractivity contribution in [3.05, 3.63) is 71.8 Å². The Labute approximate surface area is 117 Å². The predicted octanol–water partition coefficient (Wildman–Crippen LogP) is 3.98. The van der Waals surface area contributed by atoms with E-state index in [-0.39, 0.29) is 5.25 Å². The van der Waals surface area contributed by atoms with Gasteiger partial charge in [-0.15, -0.1) is 11.8 Å². The summed E-state index contributed by atoms with van der Waals surface area (Å²) >= 11 is 1.46. The third-order valence-electron chi connectivity index (χ3n) is 2.89. The quantitative estimate of drug-likeness (QED) is 0.894. The molecule has 0 aliphatic carbocycles. The maximum atomic E-state index is 11.1. The summed E-state index contributed by atoms with van der Waals surface area (Å²) in [5.41, 5.74) is 2.26. The molecule has 0 amide bonds. The summed E-state index contributed by atoms with van der Waals surface area (Å²) in [6.45, 7) is 1.73. The summed E-state index contributed by atoms with van der Waals surface area (Å²) in [6, 6.07) is 20.0. The first-order chi connectivity index (χ1) is 9.18. The summed E-state index contributed by atoms with van der Waals surface area (Å²) in [4.78, 5) is 11.1. The zero-order valence-corrected chi connectivity index (χ0v) is 11.5. The van der Waals surface area contributed by atoms with Crippen molar-refractivity contribution in [3.63, 3.8) is 0 Å². The molecule has 0 heterocycles. The van der Waals surface area contributed by atoms with Crippen LogP contribution in [0.3, 0.4) is 0 Å². The van der Waals surface area contributed by atoms with Crippen LogP contribution in [0, 0.1) is 0 Å². The van der Waals surface area contributed by atoms with Crippen molar-refractivity contribution in [3.8, 4) is 0 Å². The molecule has 0 radical (unpaired) electrons. The van der Waals surface area contributed by atoms with Crippen LogP contribution in [0.15, 0.2) is 60.7 Å². The molecular weight excluding hydrogens is 256 g/mol. The van der Waals surface area contributed by atoms with Gasteiger partial charge in [0.25, 0.3) is 0 Å². The minimum atomic E-state index is -0.776. The average molecular weight is 272 g/mol. The molecule has 0 saturated carbocycles. The van der Waals surface area contributed by atoms with Crippen LogP contribution in [-0.4, -0.2) is 16.3 Å². The number of carbonyl (C=O) groups is 1.